The molecule has 1 aromatic carbocycles. The standard InChI is InChI=1S/C26H37NO5/c1-24(2,3)15-21(28)27-13-7-11-26(16-27)14-19-23(31-17-26)18-8-5-6-9-20(18)32-25(19,4)12-10-22(29)30/h5-6,8-9,19,23H,7,10-17H2,1-4H3,(H,29,30)/t19-,23+,25-,26-/m1/s1. The van der Waals surface area contributed by atoms with Crippen LogP contribution in [0.3, 0.4) is 0 Å². The van der Waals surface area contributed by atoms with Gasteiger partial charge in [0.05, 0.1) is 12.7 Å². The summed E-state index contributed by atoms with van der Waals surface area (Å²) in [5.41, 5.74) is 0.290. The van der Waals surface area contributed by atoms with Gasteiger partial charge in [-0.2, -0.15) is 0 Å². The Morgan fingerprint density at radius 3 is 2.72 bits per heavy atom. The molecule has 4 rings (SSSR count). The highest BCUT2D eigenvalue weighted by Crippen LogP contribution is 2.56. The van der Waals surface area contributed by atoms with Crippen LogP contribution >= 0.6 is 0 Å². The molecule has 1 aromatic rings. The first-order valence-corrected chi connectivity index (χ1v) is 11.9. The van der Waals surface area contributed by atoms with Crippen LogP contribution in [0.1, 0.15) is 77.9 Å². The van der Waals surface area contributed by atoms with Gasteiger partial charge in [0.1, 0.15) is 11.4 Å². The molecule has 2 saturated heterocycles. The summed E-state index contributed by atoms with van der Waals surface area (Å²) < 4.78 is 13.1. The Bertz CT molecular complexity index is 877. The minimum Gasteiger partial charge on any atom is -0.487 e. The van der Waals surface area contributed by atoms with Gasteiger partial charge in [-0.15, -0.1) is 0 Å². The Labute approximate surface area is 191 Å². The molecule has 0 radical (unpaired) electrons. The number of fused-ring (bicyclic) bond motifs is 3. The molecule has 0 aromatic heterocycles. The van der Waals surface area contributed by atoms with E-state index in [4.69, 9.17) is 9.47 Å². The first kappa shape index (κ1) is 23.1. The predicted molar refractivity (Wildman–Crippen MR) is 121 cm³/mol. The van der Waals surface area contributed by atoms with E-state index in [9.17, 15) is 14.7 Å². The average molecular weight is 444 g/mol. The molecule has 2 fully saturated rings. The average Bonchev–Trinajstić information content (AvgIpc) is 2.72. The van der Waals surface area contributed by atoms with Crippen molar-refractivity contribution in [3.8, 4) is 5.75 Å². The number of carboxylic acids is 1. The van der Waals surface area contributed by atoms with E-state index in [1.807, 2.05) is 30.0 Å². The quantitative estimate of drug-likeness (QED) is 0.722. The first-order valence-electron chi connectivity index (χ1n) is 11.9. The van der Waals surface area contributed by atoms with Crippen molar-refractivity contribution in [1.29, 1.82) is 0 Å². The number of hydrogen-bond acceptors (Lipinski definition) is 4. The van der Waals surface area contributed by atoms with Gasteiger partial charge in [0.25, 0.3) is 0 Å². The van der Waals surface area contributed by atoms with Crippen molar-refractivity contribution in [3.05, 3.63) is 29.8 Å². The number of ether oxygens (including phenoxy) is 2. The zero-order valence-corrected chi connectivity index (χ0v) is 19.9. The lowest BCUT2D eigenvalue weighted by Crippen LogP contribution is -2.57. The summed E-state index contributed by atoms with van der Waals surface area (Å²) >= 11 is 0. The van der Waals surface area contributed by atoms with Crippen LogP contribution in [-0.2, 0) is 14.3 Å². The molecule has 176 valence electrons. The fourth-order valence-electron chi connectivity index (χ4n) is 5.86. The Hall–Kier alpha value is -2.08. The van der Waals surface area contributed by atoms with Crippen molar-refractivity contribution in [2.75, 3.05) is 19.7 Å². The van der Waals surface area contributed by atoms with E-state index >= 15 is 0 Å². The largest absolute Gasteiger partial charge is 0.487 e. The van der Waals surface area contributed by atoms with Gasteiger partial charge in [0.2, 0.25) is 5.91 Å². The van der Waals surface area contributed by atoms with Crippen LogP contribution in [0.25, 0.3) is 0 Å². The smallest absolute Gasteiger partial charge is 0.303 e. The maximum Gasteiger partial charge on any atom is 0.303 e. The van der Waals surface area contributed by atoms with Crippen LogP contribution in [0.15, 0.2) is 24.3 Å². The summed E-state index contributed by atoms with van der Waals surface area (Å²) in [5.74, 6) is 0.247. The van der Waals surface area contributed by atoms with Crippen molar-refractivity contribution in [1.82, 2.24) is 4.90 Å². The summed E-state index contributed by atoms with van der Waals surface area (Å²) in [7, 11) is 0. The molecule has 0 unspecified atom stereocenters. The summed E-state index contributed by atoms with van der Waals surface area (Å²) in [5, 5.41) is 9.35. The molecule has 1 N–H and O–H groups in total. The van der Waals surface area contributed by atoms with E-state index < -0.39 is 11.6 Å². The van der Waals surface area contributed by atoms with E-state index in [2.05, 4.69) is 26.8 Å². The zero-order chi connectivity index (χ0) is 23.1. The van der Waals surface area contributed by atoms with Gasteiger partial charge in [-0.05, 0) is 44.1 Å². The number of carboxylic acid groups (broad SMARTS) is 1. The van der Waals surface area contributed by atoms with Gasteiger partial charge in [-0.3, -0.25) is 9.59 Å². The number of rotatable bonds is 4. The molecule has 1 amide bonds. The molecule has 6 heteroatoms. The number of hydrogen-bond donors (Lipinski definition) is 1. The van der Waals surface area contributed by atoms with Crippen molar-refractivity contribution in [2.45, 2.75) is 77.9 Å². The van der Waals surface area contributed by atoms with Crippen LogP contribution in [0, 0.1) is 16.7 Å². The number of nitrogens with zero attached hydrogens (tertiary/aromatic N) is 1. The normalized spacial score (nSPS) is 32.1. The van der Waals surface area contributed by atoms with Crippen molar-refractivity contribution < 1.29 is 24.2 Å². The number of piperidine rings is 1. The third kappa shape index (κ3) is 4.66. The Balaban J connectivity index is 1.59. The summed E-state index contributed by atoms with van der Waals surface area (Å²) in [6.45, 7) is 10.5. The second-order valence-corrected chi connectivity index (χ2v) is 11.5. The number of amides is 1. The molecular formula is C26H37NO5. The van der Waals surface area contributed by atoms with E-state index in [1.54, 1.807) is 0 Å². The van der Waals surface area contributed by atoms with E-state index in [0.717, 1.165) is 37.1 Å². The van der Waals surface area contributed by atoms with Crippen LogP contribution < -0.4 is 4.74 Å². The molecule has 0 bridgehead atoms. The minimum atomic E-state index is -0.812. The van der Waals surface area contributed by atoms with Crippen LogP contribution in [-0.4, -0.2) is 47.2 Å². The highest BCUT2D eigenvalue weighted by molar-refractivity contribution is 5.77. The SMILES string of the molecule is CC(C)(C)CC(=O)N1CCC[C@]2(CO[C@H]3c4ccccc4O[C@](C)(CCC(=O)O)[C@@H]3C2)C1. The van der Waals surface area contributed by atoms with Crippen molar-refractivity contribution >= 4 is 11.9 Å². The highest BCUT2D eigenvalue weighted by atomic mass is 16.5. The van der Waals surface area contributed by atoms with E-state index in [-0.39, 0.29) is 35.2 Å². The third-order valence-corrected chi connectivity index (χ3v) is 7.47. The molecule has 4 atom stereocenters. The topological polar surface area (TPSA) is 76.1 Å². The number of likely N-dealkylation sites (tertiary alicyclic amines) is 1. The van der Waals surface area contributed by atoms with E-state index in [0.29, 0.717) is 26.0 Å². The summed E-state index contributed by atoms with van der Waals surface area (Å²) in [4.78, 5) is 26.4. The van der Waals surface area contributed by atoms with Gasteiger partial charge in [-0.25, -0.2) is 0 Å². The summed E-state index contributed by atoms with van der Waals surface area (Å²) in [6, 6.07) is 7.95. The lowest BCUT2D eigenvalue weighted by atomic mass is 9.64. The molecule has 0 saturated carbocycles. The molecule has 6 nitrogen and oxygen atoms in total. The van der Waals surface area contributed by atoms with Gasteiger partial charge < -0.3 is 19.5 Å². The van der Waals surface area contributed by atoms with Crippen molar-refractivity contribution in [3.63, 3.8) is 0 Å². The number of carbonyl (C=O) groups is 2. The van der Waals surface area contributed by atoms with Gasteiger partial charge in [-0.1, -0.05) is 39.0 Å². The Kier molecular flexibility index (Phi) is 6.03. The minimum absolute atomic E-state index is 0.0355. The van der Waals surface area contributed by atoms with Crippen molar-refractivity contribution in [2.24, 2.45) is 16.7 Å². The number of carbonyl (C=O) groups excluding carboxylic acids is 1. The molecule has 1 spiro atoms. The fraction of sp³-hybridized carbons (Fsp3) is 0.692. The van der Waals surface area contributed by atoms with Crippen LogP contribution in [0.4, 0.5) is 0 Å². The summed E-state index contributed by atoms with van der Waals surface area (Å²) in [6.07, 6.45) is 3.80. The van der Waals surface area contributed by atoms with Gasteiger partial charge >= 0.3 is 5.97 Å². The van der Waals surface area contributed by atoms with Gasteiger partial charge in [0, 0.05) is 42.8 Å². The number of aliphatic carboxylic acids is 1. The molecular weight excluding hydrogens is 406 g/mol. The molecule has 32 heavy (non-hydrogen) atoms. The fourth-order valence-corrected chi connectivity index (χ4v) is 5.86. The molecule has 0 aliphatic carbocycles. The first-order chi connectivity index (χ1) is 15.0. The van der Waals surface area contributed by atoms with E-state index in [1.165, 1.54) is 0 Å². The molecule has 3 aliphatic rings. The zero-order valence-electron chi connectivity index (χ0n) is 19.9. The highest BCUT2D eigenvalue weighted by Gasteiger charge is 2.54. The lowest BCUT2D eigenvalue weighted by molar-refractivity contribution is -0.185. The second-order valence-electron chi connectivity index (χ2n) is 11.5. The number of para-hydroxylation sites is 1. The monoisotopic (exact) mass is 443 g/mol. The van der Waals surface area contributed by atoms with Crippen LogP contribution in [0.5, 0.6) is 5.75 Å². The maximum atomic E-state index is 13.0. The molecule has 3 aliphatic heterocycles. The Morgan fingerprint density at radius 1 is 1.25 bits per heavy atom. The van der Waals surface area contributed by atoms with Crippen LogP contribution in [0.2, 0.25) is 0 Å². The Morgan fingerprint density at radius 2 is 2.00 bits per heavy atom. The number of benzene rings is 1. The van der Waals surface area contributed by atoms with Gasteiger partial charge in [0.15, 0.2) is 0 Å². The predicted octanol–water partition coefficient (Wildman–Crippen LogP) is 4.83. The maximum absolute atomic E-state index is 13.0. The molecule has 3 heterocycles. The lowest BCUT2D eigenvalue weighted by Gasteiger charge is -2.55. The third-order valence-electron chi connectivity index (χ3n) is 7.47. The second kappa shape index (κ2) is 8.36.